The van der Waals surface area contributed by atoms with Crippen LogP contribution in [-0.2, 0) is 0 Å². The smallest absolute Gasteiger partial charge is 0.0872 e. The van der Waals surface area contributed by atoms with Gasteiger partial charge in [0.05, 0.1) is 6.54 Å². The number of fused-ring (bicyclic) bond motifs is 1. The summed E-state index contributed by atoms with van der Waals surface area (Å²) in [6.45, 7) is 10.0. The van der Waals surface area contributed by atoms with Gasteiger partial charge in [0.25, 0.3) is 0 Å². The molecule has 6 unspecified atom stereocenters. The van der Waals surface area contributed by atoms with Crippen LogP contribution in [0.15, 0.2) is 5.18 Å². The first-order valence-corrected chi connectivity index (χ1v) is 7.23. The molecule has 96 valence electrons. The van der Waals surface area contributed by atoms with E-state index in [0.29, 0.717) is 23.3 Å². The molecule has 3 aliphatic carbocycles. The SMILES string of the molecule is CC1C(C)C(C)(C23CCCC2C3)C1(C)CN=O. The third-order valence-corrected chi connectivity index (χ3v) is 7.69. The molecular weight excluding hydrogens is 210 g/mol. The standard InChI is InChI=1S/C15H25NO/c1-10-11(2)14(4,13(10,3)9-16-17)15-7-5-6-12(15)8-15/h10-12H,5-9H2,1-4H3. The highest BCUT2D eigenvalue weighted by Gasteiger charge is 2.78. The molecule has 17 heavy (non-hydrogen) atoms. The molecule has 0 heterocycles. The molecule has 0 saturated heterocycles. The van der Waals surface area contributed by atoms with Gasteiger partial charge in [0.1, 0.15) is 0 Å². The second kappa shape index (κ2) is 3.13. The number of hydrogen-bond acceptors (Lipinski definition) is 2. The fourth-order valence-electron chi connectivity index (χ4n) is 6.04. The lowest BCUT2D eigenvalue weighted by Gasteiger charge is -2.69. The maximum Gasteiger partial charge on any atom is 0.0872 e. The highest BCUT2D eigenvalue weighted by atomic mass is 16.3. The van der Waals surface area contributed by atoms with E-state index in [1.54, 1.807) is 0 Å². The summed E-state index contributed by atoms with van der Waals surface area (Å²) >= 11 is 0. The van der Waals surface area contributed by atoms with E-state index in [-0.39, 0.29) is 5.41 Å². The van der Waals surface area contributed by atoms with Crippen molar-refractivity contribution < 1.29 is 0 Å². The van der Waals surface area contributed by atoms with E-state index in [1.807, 2.05) is 0 Å². The summed E-state index contributed by atoms with van der Waals surface area (Å²) in [5.41, 5.74) is 1.08. The van der Waals surface area contributed by atoms with Crippen molar-refractivity contribution in [2.45, 2.75) is 53.4 Å². The molecule has 3 fully saturated rings. The third kappa shape index (κ3) is 1.00. The predicted octanol–water partition coefficient (Wildman–Crippen LogP) is 4.24. The Morgan fingerprint density at radius 1 is 1.24 bits per heavy atom. The molecule has 0 aliphatic heterocycles. The van der Waals surface area contributed by atoms with Crippen molar-refractivity contribution in [1.29, 1.82) is 0 Å². The van der Waals surface area contributed by atoms with Crippen LogP contribution in [0.3, 0.4) is 0 Å². The van der Waals surface area contributed by atoms with Gasteiger partial charge in [-0.05, 0) is 53.3 Å². The second-order valence-electron chi connectivity index (χ2n) is 7.43. The van der Waals surface area contributed by atoms with E-state index < -0.39 is 0 Å². The number of hydrogen-bond donors (Lipinski definition) is 0. The Morgan fingerprint density at radius 2 is 1.94 bits per heavy atom. The Bertz CT molecular complexity index is 368. The fraction of sp³-hybridized carbons (Fsp3) is 1.00. The fourth-order valence-corrected chi connectivity index (χ4v) is 6.04. The maximum absolute atomic E-state index is 10.8. The summed E-state index contributed by atoms with van der Waals surface area (Å²) in [4.78, 5) is 10.8. The minimum absolute atomic E-state index is 0.146. The Kier molecular flexibility index (Phi) is 2.15. The molecule has 0 amide bonds. The molecule has 0 spiro atoms. The lowest BCUT2D eigenvalue weighted by atomic mass is 9.35. The zero-order valence-corrected chi connectivity index (χ0v) is 11.6. The van der Waals surface area contributed by atoms with Gasteiger partial charge >= 0.3 is 0 Å². The normalized spacial score (nSPS) is 60.6. The summed E-state index contributed by atoms with van der Waals surface area (Å²) in [5.74, 6) is 2.35. The van der Waals surface area contributed by atoms with Crippen LogP contribution in [0, 0.1) is 38.9 Å². The van der Waals surface area contributed by atoms with E-state index in [1.165, 1.54) is 25.7 Å². The van der Waals surface area contributed by atoms with Gasteiger partial charge in [-0.15, -0.1) is 0 Å². The van der Waals surface area contributed by atoms with E-state index in [9.17, 15) is 4.91 Å². The summed E-state index contributed by atoms with van der Waals surface area (Å²) in [6.07, 6.45) is 5.67. The molecule has 0 aromatic heterocycles. The van der Waals surface area contributed by atoms with E-state index in [0.717, 1.165) is 11.8 Å². The van der Waals surface area contributed by atoms with Crippen LogP contribution in [-0.4, -0.2) is 6.54 Å². The van der Waals surface area contributed by atoms with E-state index in [4.69, 9.17) is 0 Å². The van der Waals surface area contributed by atoms with Crippen LogP contribution in [0.1, 0.15) is 53.4 Å². The molecule has 0 bridgehead atoms. The van der Waals surface area contributed by atoms with Crippen molar-refractivity contribution in [3.63, 3.8) is 0 Å². The van der Waals surface area contributed by atoms with Crippen molar-refractivity contribution in [3.8, 4) is 0 Å². The number of rotatable bonds is 3. The first-order chi connectivity index (χ1) is 7.94. The largest absolute Gasteiger partial charge is 0.151 e. The first-order valence-electron chi connectivity index (χ1n) is 7.23. The molecule has 0 N–H and O–H groups in total. The van der Waals surface area contributed by atoms with Crippen molar-refractivity contribution in [2.24, 2.45) is 39.2 Å². The Hall–Kier alpha value is -0.400. The zero-order valence-electron chi connectivity index (χ0n) is 11.6. The Morgan fingerprint density at radius 3 is 2.41 bits per heavy atom. The topological polar surface area (TPSA) is 29.4 Å². The van der Waals surface area contributed by atoms with Gasteiger partial charge in [-0.25, -0.2) is 0 Å². The van der Waals surface area contributed by atoms with Gasteiger partial charge < -0.3 is 0 Å². The molecule has 2 nitrogen and oxygen atoms in total. The van der Waals surface area contributed by atoms with Gasteiger partial charge in [-0.2, -0.15) is 4.91 Å². The second-order valence-corrected chi connectivity index (χ2v) is 7.43. The zero-order chi connectivity index (χ0) is 12.5. The molecule has 0 aromatic rings. The minimum Gasteiger partial charge on any atom is -0.151 e. The summed E-state index contributed by atoms with van der Waals surface area (Å²) in [5, 5.41) is 3.28. The van der Waals surface area contributed by atoms with Gasteiger partial charge in [0.2, 0.25) is 0 Å². The molecule has 3 saturated carbocycles. The van der Waals surface area contributed by atoms with Crippen molar-refractivity contribution in [2.75, 3.05) is 6.54 Å². The average molecular weight is 235 g/mol. The van der Waals surface area contributed by atoms with Crippen LogP contribution in [0.2, 0.25) is 0 Å². The van der Waals surface area contributed by atoms with Crippen LogP contribution in [0.25, 0.3) is 0 Å². The van der Waals surface area contributed by atoms with Gasteiger partial charge in [0.15, 0.2) is 0 Å². The molecule has 0 aromatic carbocycles. The van der Waals surface area contributed by atoms with Gasteiger partial charge in [-0.1, -0.05) is 39.3 Å². The van der Waals surface area contributed by atoms with Crippen molar-refractivity contribution in [1.82, 2.24) is 0 Å². The van der Waals surface area contributed by atoms with Crippen LogP contribution < -0.4 is 0 Å². The lowest BCUT2D eigenvalue weighted by Crippen LogP contribution is -2.66. The number of nitrogens with zero attached hydrogens (tertiary/aromatic N) is 1. The summed E-state index contributed by atoms with van der Waals surface area (Å²) in [6, 6.07) is 0. The van der Waals surface area contributed by atoms with Crippen LogP contribution in [0.4, 0.5) is 0 Å². The quantitative estimate of drug-likeness (QED) is 0.673. The molecular formula is C15H25NO. The highest BCUT2D eigenvalue weighted by molar-refractivity contribution is 5.26. The molecule has 3 rings (SSSR count). The third-order valence-electron chi connectivity index (χ3n) is 7.69. The van der Waals surface area contributed by atoms with Crippen molar-refractivity contribution in [3.05, 3.63) is 4.91 Å². The van der Waals surface area contributed by atoms with Crippen LogP contribution >= 0.6 is 0 Å². The monoisotopic (exact) mass is 235 g/mol. The van der Waals surface area contributed by atoms with E-state index >= 15 is 0 Å². The van der Waals surface area contributed by atoms with E-state index in [2.05, 4.69) is 32.9 Å². The Labute approximate surface area is 105 Å². The highest BCUT2D eigenvalue weighted by Crippen LogP contribution is 2.83. The van der Waals surface area contributed by atoms with Gasteiger partial charge in [-0.3, -0.25) is 0 Å². The lowest BCUT2D eigenvalue weighted by molar-refractivity contribution is -0.213. The average Bonchev–Trinajstić information content (AvgIpc) is 2.89. The predicted molar refractivity (Wildman–Crippen MR) is 69.6 cm³/mol. The molecule has 2 heteroatoms. The van der Waals surface area contributed by atoms with Crippen molar-refractivity contribution >= 4 is 0 Å². The minimum atomic E-state index is 0.146. The summed E-state index contributed by atoms with van der Waals surface area (Å²) in [7, 11) is 0. The summed E-state index contributed by atoms with van der Waals surface area (Å²) < 4.78 is 0. The Balaban J connectivity index is 1.97. The first kappa shape index (κ1) is 11.7. The molecule has 6 atom stereocenters. The molecule has 3 aliphatic rings. The van der Waals surface area contributed by atoms with Crippen LogP contribution in [0.5, 0.6) is 0 Å². The molecule has 0 radical (unpaired) electrons. The number of nitroso groups, excluding NO2 is 1. The maximum atomic E-state index is 10.8. The van der Waals surface area contributed by atoms with Gasteiger partial charge in [0, 0.05) is 0 Å².